The Hall–Kier alpha value is -0.460. The van der Waals surface area contributed by atoms with Gasteiger partial charge in [-0.25, -0.2) is 9.97 Å². The van der Waals surface area contributed by atoms with E-state index < -0.39 is 0 Å². The van der Waals surface area contributed by atoms with Crippen molar-refractivity contribution < 1.29 is 0 Å². The van der Waals surface area contributed by atoms with E-state index in [2.05, 4.69) is 37.2 Å². The maximum atomic E-state index is 4.40. The monoisotopic (exact) mass is 315 g/mol. The highest BCUT2D eigenvalue weighted by Crippen LogP contribution is 2.33. The van der Waals surface area contributed by atoms with E-state index in [-0.39, 0.29) is 0 Å². The highest BCUT2D eigenvalue weighted by molar-refractivity contribution is 9.10. The molecule has 0 aliphatic rings. The molecule has 0 fully saturated rings. The molecule has 0 aliphatic heterocycles. The molecule has 0 saturated heterocycles. The molecule has 6 heteroatoms. The maximum absolute atomic E-state index is 4.40. The summed E-state index contributed by atoms with van der Waals surface area (Å²) < 4.78 is 6.23. The molecule has 0 aliphatic carbocycles. The van der Waals surface area contributed by atoms with Crippen molar-refractivity contribution in [3.63, 3.8) is 0 Å². The fraction of sp³-hybridized carbons (Fsp3) is 0.300. The third-order valence-electron chi connectivity index (χ3n) is 2.00. The smallest absolute Gasteiger partial charge is 0.176 e. The Balaban J connectivity index is 2.23. The number of aryl methyl sites for hydroxylation is 2. The molecule has 0 atom stereocenters. The molecule has 16 heavy (non-hydrogen) atoms. The molecule has 0 bridgehead atoms. The van der Waals surface area contributed by atoms with Crippen LogP contribution in [0.2, 0.25) is 0 Å². The lowest BCUT2D eigenvalue weighted by Crippen LogP contribution is -1.85. The quantitative estimate of drug-likeness (QED) is 0.865. The Labute approximate surface area is 111 Å². The van der Waals surface area contributed by atoms with Gasteiger partial charge in [-0.15, -0.1) is 0 Å². The van der Waals surface area contributed by atoms with Gasteiger partial charge in [0.1, 0.15) is 10.9 Å². The number of pyridine rings is 1. The molecule has 2 heterocycles. The lowest BCUT2D eigenvalue weighted by atomic mass is 10.3. The van der Waals surface area contributed by atoms with Gasteiger partial charge in [-0.2, -0.15) is 4.37 Å². The zero-order valence-corrected chi connectivity index (χ0v) is 12.1. The summed E-state index contributed by atoms with van der Waals surface area (Å²) in [7, 11) is 0. The average molecular weight is 316 g/mol. The van der Waals surface area contributed by atoms with Gasteiger partial charge in [-0.05, 0) is 57.8 Å². The minimum absolute atomic E-state index is 0.874. The molecule has 0 N–H and O–H groups in total. The molecule has 0 amide bonds. The Bertz CT molecular complexity index is 499. The first-order chi connectivity index (χ1) is 7.70. The summed E-state index contributed by atoms with van der Waals surface area (Å²) in [5.74, 6) is 0.899. The number of halogens is 1. The van der Waals surface area contributed by atoms with Crippen LogP contribution in [0.15, 0.2) is 26.1 Å². The highest BCUT2D eigenvalue weighted by atomic mass is 79.9. The molecular weight excluding hydrogens is 306 g/mol. The summed E-state index contributed by atoms with van der Waals surface area (Å²) in [5.41, 5.74) is 1.18. The number of rotatable bonds is 3. The standard InChI is InChI=1S/C10H10BrN3S2/c1-3-7-13-10(16-14-7)15-9-8(11)6(2)4-5-12-9/h4-5H,3H2,1-2H3. The van der Waals surface area contributed by atoms with E-state index in [1.807, 2.05) is 19.2 Å². The minimum atomic E-state index is 0.874. The second-order valence-corrected chi connectivity index (χ2v) is 5.96. The van der Waals surface area contributed by atoms with Gasteiger partial charge < -0.3 is 0 Å². The zero-order valence-electron chi connectivity index (χ0n) is 8.90. The summed E-state index contributed by atoms with van der Waals surface area (Å²) in [6.45, 7) is 4.10. The molecule has 2 aromatic rings. The number of nitrogens with zero attached hydrogens (tertiary/aromatic N) is 3. The van der Waals surface area contributed by atoms with Crippen molar-refractivity contribution in [1.29, 1.82) is 0 Å². The van der Waals surface area contributed by atoms with Crippen molar-refractivity contribution in [1.82, 2.24) is 14.3 Å². The molecule has 0 unspecified atom stereocenters. The third-order valence-corrected chi connectivity index (χ3v) is 5.06. The van der Waals surface area contributed by atoms with Crippen molar-refractivity contribution in [3.05, 3.63) is 28.1 Å². The first kappa shape index (κ1) is 12.0. The molecule has 84 valence electrons. The Morgan fingerprint density at radius 3 is 3.00 bits per heavy atom. The lowest BCUT2D eigenvalue weighted by Gasteiger charge is -2.02. The van der Waals surface area contributed by atoms with Gasteiger partial charge in [0.25, 0.3) is 0 Å². The Morgan fingerprint density at radius 2 is 2.31 bits per heavy atom. The SMILES string of the molecule is CCc1nsc(Sc2nccc(C)c2Br)n1. The van der Waals surface area contributed by atoms with Crippen LogP contribution in [0.25, 0.3) is 0 Å². The molecule has 0 aromatic carbocycles. The Morgan fingerprint density at radius 1 is 1.50 bits per heavy atom. The number of hydrogen-bond donors (Lipinski definition) is 0. The van der Waals surface area contributed by atoms with Crippen LogP contribution in [0, 0.1) is 6.92 Å². The molecule has 0 spiro atoms. The van der Waals surface area contributed by atoms with Crippen LogP contribution in [-0.2, 0) is 6.42 Å². The Kier molecular flexibility index (Phi) is 3.94. The van der Waals surface area contributed by atoms with Gasteiger partial charge in [0.05, 0.1) is 4.47 Å². The van der Waals surface area contributed by atoms with E-state index in [1.165, 1.54) is 17.1 Å². The highest BCUT2D eigenvalue weighted by Gasteiger charge is 2.09. The second kappa shape index (κ2) is 5.25. The van der Waals surface area contributed by atoms with E-state index in [4.69, 9.17) is 0 Å². The van der Waals surface area contributed by atoms with Crippen LogP contribution >= 0.6 is 39.2 Å². The maximum Gasteiger partial charge on any atom is 0.176 e. The summed E-state index contributed by atoms with van der Waals surface area (Å²) in [6.07, 6.45) is 2.68. The molecule has 2 rings (SSSR count). The van der Waals surface area contributed by atoms with Crippen LogP contribution in [0.5, 0.6) is 0 Å². The van der Waals surface area contributed by atoms with Crippen molar-refractivity contribution in [3.8, 4) is 0 Å². The van der Waals surface area contributed by atoms with Gasteiger partial charge in [0, 0.05) is 12.6 Å². The summed E-state index contributed by atoms with van der Waals surface area (Å²) >= 11 is 6.51. The molecule has 3 nitrogen and oxygen atoms in total. The molecule has 0 saturated carbocycles. The third kappa shape index (κ3) is 2.61. The lowest BCUT2D eigenvalue weighted by molar-refractivity contribution is 0.969. The van der Waals surface area contributed by atoms with E-state index in [9.17, 15) is 0 Å². The predicted molar refractivity (Wildman–Crippen MR) is 70.1 cm³/mol. The van der Waals surface area contributed by atoms with Crippen LogP contribution in [0.4, 0.5) is 0 Å². The van der Waals surface area contributed by atoms with Crippen LogP contribution in [-0.4, -0.2) is 14.3 Å². The zero-order chi connectivity index (χ0) is 11.5. The summed E-state index contributed by atoms with van der Waals surface area (Å²) in [4.78, 5) is 8.73. The normalized spacial score (nSPS) is 10.7. The predicted octanol–water partition coefficient (Wildman–Crippen LogP) is 3.72. The van der Waals surface area contributed by atoms with Crippen molar-refractivity contribution in [2.45, 2.75) is 29.6 Å². The summed E-state index contributed by atoms with van der Waals surface area (Å²) in [6, 6.07) is 1.98. The average Bonchev–Trinajstić information content (AvgIpc) is 2.73. The first-order valence-electron chi connectivity index (χ1n) is 4.82. The van der Waals surface area contributed by atoms with Crippen molar-refractivity contribution in [2.24, 2.45) is 0 Å². The molecule has 2 aromatic heterocycles. The van der Waals surface area contributed by atoms with Crippen LogP contribution in [0.1, 0.15) is 18.3 Å². The van der Waals surface area contributed by atoms with Gasteiger partial charge >= 0.3 is 0 Å². The molecular formula is C10H10BrN3S2. The number of aromatic nitrogens is 3. The van der Waals surface area contributed by atoms with E-state index in [0.717, 1.165) is 26.1 Å². The fourth-order valence-electron chi connectivity index (χ4n) is 1.09. The van der Waals surface area contributed by atoms with E-state index >= 15 is 0 Å². The number of hydrogen-bond acceptors (Lipinski definition) is 5. The van der Waals surface area contributed by atoms with Gasteiger partial charge in [-0.3, -0.25) is 0 Å². The van der Waals surface area contributed by atoms with Crippen molar-refractivity contribution >= 4 is 39.2 Å². The van der Waals surface area contributed by atoms with Crippen LogP contribution in [0.3, 0.4) is 0 Å². The van der Waals surface area contributed by atoms with Gasteiger partial charge in [0.2, 0.25) is 0 Å². The summed E-state index contributed by atoms with van der Waals surface area (Å²) in [5, 5.41) is 0.943. The van der Waals surface area contributed by atoms with Gasteiger partial charge in [-0.1, -0.05) is 6.92 Å². The largest absolute Gasteiger partial charge is 0.248 e. The van der Waals surface area contributed by atoms with E-state index in [1.54, 1.807) is 11.8 Å². The first-order valence-corrected chi connectivity index (χ1v) is 7.20. The van der Waals surface area contributed by atoms with Gasteiger partial charge in [0.15, 0.2) is 4.34 Å². The topological polar surface area (TPSA) is 38.7 Å². The minimum Gasteiger partial charge on any atom is -0.248 e. The van der Waals surface area contributed by atoms with E-state index in [0.29, 0.717) is 0 Å². The fourth-order valence-corrected chi connectivity index (χ4v) is 3.25. The van der Waals surface area contributed by atoms with Crippen LogP contribution < -0.4 is 0 Å². The second-order valence-electron chi connectivity index (χ2n) is 3.18. The van der Waals surface area contributed by atoms with Crippen molar-refractivity contribution in [2.75, 3.05) is 0 Å². The molecule has 0 radical (unpaired) electrons.